The predicted molar refractivity (Wildman–Crippen MR) is 82.3 cm³/mol. The first kappa shape index (κ1) is 18.8. The van der Waals surface area contributed by atoms with Crippen LogP contribution < -0.4 is 0 Å². The second kappa shape index (κ2) is 7.85. The van der Waals surface area contributed by atoms with Crippen LogP contribution in [0.2, 0.25) is 0 Å². The summed E-state index contributed by atoms with van der Waals surface area (Å²) in [5.41, 5.74) is 0. The minimum Gasteiger partial charge on any atom is -0.290 e. The summed E-state index contributed by atoms with van der Waals surface area (Å²) < 4.78 is 41.1. The summed E-state index contributed by atoms with van der Waals surface area (Å²) in [5.74, 6) is 0.781. The third kappa shape index (κ3) is 5.46. The molecule has 0 spiro atoms. The van der Waals surface area contributed by atoms with Gasteiger partial charge in [0, 0.05) is 6.04 Å². The highest BCUT2D eigenvalue weighted by molar-refractivity contribution is 4.90. The molecule has 1 aliphatic carbocycles. The van der Waals surface area contributed by atoms with E-state index in [1.165, 1.54) is 0 Å². The van der Waals surface area contributed by atoms with Crippen LogP contribution in [-0.4, -0.2) is 29.7 Å². The fraction of sp³-hybridized carbons (Fsp3) is 1.00. The zero-order chi connectivity index (χ0) is 16.2. The van der Waals surface area contributed by atoms with Crippen molar-refractivity contribution < 1.29 is 13.2 Å². The molecule has 1 fully saturated rings. The number of nitrogens with zero attached hydrogens (tertiary/aromatic N) is 1. The van der Waals surface area contributed by atoms with Gasteiger partial charge in [0.05, 0.1) is 0 Å². The minimum atomic E-state index is -4.12. The molecule has 0 amide bonds. The lowest BCUT2D eigenvalue weighted by molar-refractivity contribution is -0.207. The van der Waals surface area contributed by atoms with Crippen LogP contribution in [0.3, 0.4) is 0 Å². The van der Waals surface area contributed by atoms with Crippen molar-refractivity contribution >= 4 is 0 Å². The molecule has 1 aliphatic rings. The molecule has 2 atom stereocenters. The van der Waals surface area contributed by atoms with Gasteiger partial charge in [0.25, 0.3) is 0 Å². The minimum absolute atomic E-state index is 0.0130. The highest BCUT2D eigenvalue weighted by Crippen LogP contribution is 2.40. The SMILES string of the molecule is CCN(C(C)CC(C)C)C(C1CCC(C)CC1)C(F)(F)F. The number of alkyl halides is 3. The summed E-state index contributed by atoms with van der Waals surface area (Å²) in [6.45, 7) is 10.6. The van der Waals surface area contributed by atoms with Crippen LogP contribution in [0.15, 0.2) is 0 Å². The zero-order valence-corrected chi connectivity index (χ0v) is 14.2. The standard InChI is InChI=1S/C17H32F3N/c1-6-21(14(5)11-12(2)3)16(17(18,19)20)15-9-7-13(4)8-10-15/h12-16H,6-11H2,1-5H3. The average Bonchev–Trinajstić information content (AvgIpc) is 2.34. The Balaban J connectivity index is 2.89. The van der Waals surface area contributed by atoms with E-state index in [4.69, 9.17) is 0 Å². The molecule has 1 rings (SSSR count). The highest BCUT2D eigenvalue weighted by Gasteiger charge is 2.49. The normalized spacial score (nSPS) is 27.1. The molecule has 1 saturated carbocycles. The van der Waals surface area contributed by atoms with Crippen molar-refractivity contribution in [1.29, 1.82) is 0 Å². The molecule has 0 N–H and O–H groups in total. The second-order valence-corrected chi connectivity index (χ2v) is 7.32. The van der Waals surface area contributed by atoms with Crippen molar-refractivity contribution in [2.24, 2.45) is 17.8 Å². The first-order valence-corrected chi connectivity index (χ1v) is 8.49. The van der Waals surface area contributed by atoms with Crippen LogP contribution in [0.1, 0.15) is 66.7 Å². The largest absolute Gasteiger partial charge is 0.404 e. The second-order valence-electron chi connectivity index (χ2n) is 7.32. The molecule has 126 valence electrons. The molecule has 0 bridgehead atoms. The molecule has 0 aromatic heterocycles. The molecule has 0 aliphatic heterocycles. The Morgan fingerprint density at radius 3 is 1.95 bits per heavy atom. The van der Waals surface area contributed by atoms with Gasteiger partial charge in [0.15, 0.2) is 0 Å². The summed E-state index contributed by atoms with van der Waals surface area (Å²) in [5, 5.41) is 0. The third-order valence-corrected chi connectivity index (χ3v) is 4.94. The molecule has 4 heteroatoms. The highest BCUT2D eigenvalue weighted by atomic mass is 19.4. The first-order chi connectivity index (χ1) is 9.66. The van der Waals surface area contributed by atoms with Crippen molar-refractivity contribution in [3.05, 3.63) is 0 Å². The lowest BCUT2D eigenvalue weighted by atomic mass is 9.78. The predicted octanol–water partition coefficient (Wildman–Crippen LogP) is 5.50. The van der Waals surface area contributed by atoms with Gasteiger partial charge in [-0.25, -0.2) is 0 Å². The number of hydrogen-bond acceptors (Lipinski definition) is 1. The Hall–Kier alpha value is -0.250. The molecule has 0 heterocycles. The third-order valence-electron chi connectivity index (χ3n) is 4.94. The van der Waals surface area contributed by atoms with Gasteiger partial charge in [0.2, 0.25) is 0 Å². The van der Waals surface area contributed by atoms with E-state index >= 15 is 0 Å². The van der Waals surface area contributed by atoms with Gasteiger partial charge in [-0.3, -0.25) is 4.90 Å². The van der Waals surface area contributed by atoms with Gasteiger partial charge in [-0.05, 0) is 50.5 Å². The number of rotatable bonds is 6. The summed E-state index contributed by atoms with van der Waals surface area (Å²) >= 11 is 0. The van der Waals surface area contributed by atoms with Crippen LogP contribution in [0.4, 0.5) is 13.2 Å². The van der Waals surface area contributed by atoms with Crippen LogP contribution in [0, 0.1) is 17.8 Å². The Morgan fingerprint density at radius 1 is 1.05 bits per heavy atom. The zero-order valence-electron chi connectivity index (χ0n) is 14.2. The van der Waals surface area contributed by atoms with Gasteiger partial charge < -0.3 is 0 Å². The van der Waals surface area contributed by atoms with E-state index in [1.54, 1.807) is 4.90 Å². The molecule has 0 aromatic carbocycles. The molecule has 2 unspecified atom stereocenters. The van der Waals surface area contributed by atoms with Crippen LogP contribution in [-0.2, 0) is 0 Å². The van der Waals surface area contributed by atoms with Gasteiger partial charge in [-0.2, -0.15) is 13.2 Å². The van der Waals surface area contributed by atoms with Gasteiger partial charge in [-0.1, -0.05) is 40.5 Å². The topological polar surface area (TPSA) is 3.24 Å². The monoisotopic (exact) mass is 307 g/mol. The molecule has 0 radical (unpaired) electrons. The maximum absolute atomic E-state index is 13.7. The van der Waals surface area contributed by atoms with E-state index in [9.17, 15) is 13.2 Å². The Labute approximate surface area is 128 Å². The first-order valence-electron chi connectivity index (χ1n) is 8.49. The van der Waals surface area contributed by atoms with E-state index in [0.29, 0.717) is 18.4 Å². The maximum atomic E-state index is 13.7. The van der Waals surface area contributed by atoms with Gasteiger partial charge >= 0.3 is 6.18 Å². The van der Waals surface area contributed by atoms with Crippen LogP contribution in [0.5, 0.6) is 0 Å². The smallest absolute Gasteiger partial charge is 0.290 e. The van der Waals surface area contributed by atoms with Crippen molar-refractivity contribution in [2.45, 2.75) is 85.0 Å². The van der Waals surface area contributed by atoms with E-state index in [1.807, 2.05) is 13.8 Å². The Kier molecular flexibility index (Phi) is 7.02. The van der Waals surface area contributed by atoms with Gasteiger partial charge in [0.1, 0.15) is 6.04 Å². The molecular formula is C17H32F3N. The maximum Gasteiger partial charge on any atom is 0.404 e. The van der Waals surface area contributed by atoms with Crippen molar-refractivity contribution in [2.75, 3.05) is 6.54 Å². The lowest BCUT2D eigenvalue weighted by Crippen LogP contribution is -2.54. The van der Waals surface area contributed by atoms with Crippen molar-refractivity contribution in [1.82, 2.24) is 4.90 Å². The summed E-state index contributed by atoms with van der Waals surface area (Å²) in [6.07, 6.45) is 0.0171. The summed E-state index contributed by atoms with van der Waals surface area (Å²) in [4.78, 5) is 1.71. The molecule has 0 saturated heterocycles. The Bertz CT molecular complexity index is 293. The van der Waals surface area contributed by atoms with E-state index in [0.717, 1.165) is 32.1 Å². The van der Waals surface area contributed by atoms with Crippen LogP contribution >= 0.6 is 0 Å². The van der Waals surface area contributed by atoms with Gasteiger partial charge in [-0.15, -0.1) is 0 Å². The lowest BCUT2D eigenvalue weighted by Gasteiger charge is -2.43. The van der Waals surface area contributed by atoms with E-state index < -0.39 is 12.2 Å². The number of halogens is 3. The van der Waals surface area contributed by atoms with Crippen molar-refractivity contribution in [3.63, 3.8) is 0 Å². The molecular weight excluding hydrogens is 275 g/mol. The molecule has 1 nitrogen and oxygen atoms in total. The fourth-order valence-corrected chi connectivity index (χ4v) is 3.93. The fourth-order valence-electron chi connectivity index (χ4n) is 3.93. The Morgan fingerprint density at radius 2 is 1.57 bits per heavy atom. The molecule has 21 heavy (non-hydrogen) atoms. The number of hydrogen-bond donors (Lipinski definition) is 0. The van der Waals surface area contributed by atoms with Crippen molar-refractivity contribution in [3.8, 4) is 0 Å². The van der Waals surface area contributed by atoms with E-state index in [2.05, 4.69) is 20.8 Å². The van der Waals surface area contributed by atoms with E-state index in [-0.39, 0.29) is 12.0 Å². The van der Waals surface area contributed by atoms with Crippen LogP contribution in [0.25, 0.3) is 0 Å². The summed E-state index contributed by atoms with van der Waals surface area (Å²) in [6, 6.07) is -1.27. The average molecular weight is 307 g/mol. The quantitative estimate of drug-likeness (QED) is 0.626. The summed E-state index contributed by atoms with van der Waals surface area (Å²) in [7, 11) is 0. The molecule has 0 aromatic rings.